The maximum absolute atomic E-state index is 3.93. The minimum absolute atomic E-state index is 0.908. The van der Waals surface area contributed by atoms with E-state index in [9.17, 15) is 0 Å². The van der Waals surface area contributed by atoms with Crippen LogP contribution in [0.3, 0.4) is 0 Å². The maximum atomic E-state index is 3.93. The first-order valence-electron chi connectivity index (χ1n) is 6.93. The number of hydrogen-bond acceptors (Lipinski definition) is 0. The van der Waals surface area contributed by atoms with Crippen molar-refractivity contribution in [3.05, 3.63) is 6.92 Å². The highest BCUT2D eigenvalue weighted by Crippen LogP contribution is 2.26. The summed E-state index contributed by atoms with van der Waals surface area (Å²) in [5, 5.41) is 0. The van der Waals surface area contributed by atoms with Crippen LogP contribution in [0.15, 0.2) is 0 Å². The first kappa shape index (κ1) is 15.0. The zero-order chi connectivity index (χ0) is 11.7. The SMILES string of the molecule is [CH2]CCCC(CC)CC(C)CC(C)CC. The molecule has 0 aliphatic rings. The zero-order valence-electron chi connectivity index (χ0n) is 11.4. The van der Waals surface area contributed by atoms with Gasteiger partial charge in [0.15, 0.2) is 0 Å². The number of hydrogen-bond donors (Lipinski definition) is 0. The van der Waals surface area contributed by atoms with E-state index in [1.54, 1.807) is 0 Å². The van der Waals surface area contributed by atoms with Crippen molar-refractivity contribution in [3.63, 3.8) is 0 Å². The number of unbranched alkanes of at least 4 members (excludes halogenated alkanes) is 1. The molecule has 3 atom stereocenters. The molecule has 0 fully saturated rings. The van der Waals surface area contributed by atoms with E-state index in [2.05, 4.69) is 34.6 Å². The van der Waals surface area contributed by atoms with Gasteiger partial charge in [-0.15, -0.1) is 0 Å². The van der Waals surface area contributed by atoms with Crippen LogP contribution in [0, 0.1) is 24.7 Å². The smallest absolute Gasteiger partial charge is 0.0414 e. The van der Waals surface area contributed by atoms with Crippen molar-refractivity contribution < 1.29 is 0 Å². The average molecular weight is 211 g/mol. The maximum Gasteiger partial charge on any atom is -0.0414 e. The minimum atomic E-state index is 0.908. The molecule has 0 N–H and O–H groups in total. The topological polar surface area (TPSA) is 0 Å². The fraction of sp³-hybridized carbons (Fsp3) is 0.933. The van der Waals surface area contributed by atoms with E-state index in [1.165, 1.54) is 38.5 Å². The van der Waals surface area contributed by atoms with E-state index in [4.69, 9.17) is 0 Å². The lowest BCUT2D eigenvalue weighted by molar-refractivity contribution is 0.307. The Labute approximate surface area is 97.8 Å². The van der Waals surface area contributed by atoms with Crippen LogP contribution in [-0.2, 0) is 0 Å². The van der Waals surface area contributed by atoms with Gasteiger partial charge in [0.1, 0.15) is 0 Å². The molecule has 0 aliphatic heterocycles. The minimum Gasteiger partial charge on any atom is -0.0651 e. The number of rotatable bonds is 9. The fourth-order valence-corrected chi connectivity index (χ4v) is 2.44. The molecule has 0 saturated carbocycles. The Morgan fingerprint density at radius 3 is 2.07 bits per heavy atom. The average Bonchev–Trinajstić information content (AvgIpc) is 2.23. The lowest BCUT2D eigenvalue weighted by atomic mass is 9.85. The molecular formula is C15H31. The third-order valence-corrected chi connectivity index (χ3v) is 3.68. The van der Waals surface area contributed by atoms with Crippen LogP contribution >= 0.6 is 0 Å². The van der Waals surface area contributed by atoms with E-state index in [-0.39, 0.29) is 0 Å². The molecule has 0 aromatic heterocycles. The highest BCUT2D eigenvalue weighted by atomic mass is 14.2. The molecule has 0 heterocycles. The summed E-state index contributed by atoms with van der Waals surface area (Å²) in [4.78, 5) is 0. The first-order valence-corrected chi connectivity index (χ1v) is 6.93. The largest absolute Gasteiger partial charge is 0.0651 e. The van der Waals surface area contributed by atoms with E-state index in [1.807, 2.05) is 0 Å². The van der Waals surface area contributed by atoms with Gasteiger partial charge in [0.05, 0.1) is 0 Å². The van der Waals surface area contributed by atoms with Crippen molar-refractivity contribution in [2.45, 2.75) is 72.6 Å². The lowest BCUT2D eigenvalue weighted by Crippen LogP contribution is -2.09. The molecule has 0 aromatic rings. The van der Waals surface area contributed by atoms with Gasteiger partial charge in [-0.25, -0.2) is 0 Å². The molecule has 0 aromatic carbocycles. The van der Waals surface area contributed by atoms with Gasteiger partial charge in [-0.05, 0) is 30.6 Å². The summed E-state index contributed by atoms with van der Waals surface area (Å²) >= 11 is 0. The molecule has 0 amide bonds. The normalized spacial score (nSPS) is 17.4. The summed E-state index contributed by atoms with van der Waals surface area (Å²) in [6, 6.07) is 0. The molecule has 15 heavy (non-hydrogen) atoms. The third-order valence-electron chi connectivity index (χ3n) is 3.68. The third kappa shape index (κ3) is 7.88. The van der Waals surface area contributed by atoms with Crippen molar-refractivity contribution in [2.75, 3.05) is 0 Å². The van der Waals surface area contributed by atoms with Crippen LogP contribution in [0.1, 0.15) is 72.6 Å². The lowest BCUT2D eigenvalue weighted by Gasteiger charge is -2.21. The zero-order valence-corrected chi connectivity index (χ0v) is 11.4. The second-order valence-electron chi connectivity index (χ2n) is 5.36. The Kier molecular flexibility index (Phi) is 9.24. The molecule has 0 aliphatic carbocycles. The molecule has 0 rings (SSSR count). The first-order chi connectivity index (χ1) is 7.13. The second kappa shape index (κ2) is 9.24. The van der Waals surface area contributed by atoms with E-state index in [0.717, 1.165) is 24.2 Å². The standard InChI is InChI=1S/C15H31/c1-6-9-10-15(8-3)12-14(5)11-13(4)7-2/h13-15H,1,6-12H2,2-5H3. The van der Waals surface area contributed by atoms with E-state index < -0.39 is 0 Å². The molecular weight excluding hydrogens is 180 g/mol. The van der Waals surface area contributed by atoms with Crippen LogP contribution in [0.2, 0.25) is 0 Å². The van der Waals surface area contributed by atoms with Crippen molar-refractivity contribution in [1.82, 2.24) is 0 Å². The summed E-state index contributed by atoms with van der Waals surface area (Å²) < 4.78 is 0. The highest BCUT2D eigenvalue weighted by Gasteiger charge is 2.13. The molecule has 0 heteroatoms. The van der Waals surface area contributed by atoms with Crippen molar-refractivity contribution in [1.29, 1.82) is 0 Å². The van der Waals surface area contributed by atoms with Crippen LogP contribution in [-0.4, -0.2) is 0 Å². The van der Waals surface area contributed by atoms with Crippen LogP contribution < -0.4 is 0 Å². The van der Waals surface area contributed by atoms with Crippen LogP contribution in [0.5, 0.6) is 0 Å². The summed E-state index contributed by atoms with van der Waals surface area (Å²) in [6.45, 7) is 13.4. The fourth-order valence-electron chi connectivity index (χ4n) is 2.44. The van der Waals surface area contributed by atoms with Crippen molar-refractivity contribution in [2.24, 2.45) is 17.8 Å². The Hall–Kier alpha value is 0. The quantitative estimate of drug-likeness (QED) is 0.474. The van der Waals surface area contributed by atoms with Gasteiger partial charge in [0.2, 0.25) is 0 Å². The molecule has 1 radical (unpaired) electrons. The summed E-state index contributed by atoms with van der Waals surface area (Å²) in [5.41, 5.74) is 0. The van der Waals surface area contributed by atoms with Crippen LogP contribution in [0.25, 0.3) is 0 Å². The molecule has 0 spiro atoms. The molecule has 91 valence electrons. The molecule has 0 bridgehead atoms. The van der Waals surface area contributed by atoms with Gasteiger partial charge >= 0.3 is 0 Å². The Balaban J connectivity index is 3.74. The van der Waals surface area contributed by atoms with Gasteiger partial charge < -0.3 is 0 Å². The van der Waals surface area contributed by atoms with Crippen molar-refractivity contribution in [3.8, 4) is 0 Å². The molecule has 0 nitrogen and oxygen atoms in total. The summed E-state index contributed by atoms with van der Waals surface area (Å²) in [5.74, 6) is 2.77. The highest BCUT2D eigenvalue weighted by molar-refractivity contribution is 4.65. The van der Waals surface area contributed by atoms with E-state index >= 15 is 0 Å². The van der Waals surface area contributed by atoms with Crippen LogP contribution in [0.4, 0.5) is 0 Å². The summed E-state index contributed by atoms with van der Waals surface area (Å²) in [6.07, 6.45) is 9.35. The van der Waals surface area contributed by atoms with Crippen molar-refractivity contribution >= 4 is 0 Å². The van der Waals surface area contributed by atoms with Gasteiger partial charge in [-0.2, -0.15) is 0 Å². The Morgan fingerprint density at radius 1 is 0.933 bits per heavy atom. The van der Waals surface area contributed by atoms with Gasteiger partial charge in [-0.1, -0.05) is 66.7 Å². The monoisotopic (exact) mass is 211 g/mol. The molecule has 3 unspecified atom stereocenters. The predicted octanol–water partition coefficient (Wildman–Crippen LogP) is 5.48. The Bertz CT molecular complexity index is 128. The van der Waals surface area contributed by atoms with E-state index in [0.29, 0.717) is 0 Å². The Morgan fingerprint density at radius 2 is 1.60 bits per heavy atom. The molecule has 0 saturated heterocycles. The van der Waals surface area contributed by atoms with Gasteiger partial charge in [0, 0.05) is 0 Å². The van der Waals surface area contributed by atoms with Gasteiger partial charge in [-0.3, -0.25) is 0 Å². The van der Waals surface area contributed by atoms with Gasteiger partial charge in [0.25, 0.3) is 0 Å². The second-order valence-corrected chi connectivity index (χ2v) is 5.36. The summed E-state index contributed by atoms with van der Waals surface area (Å²) in [7, 11) is 0. The predicted molar refractivity (Wildman–Crippen MR) is 70.8 cm³/mol.